The summed E-state index contributed by atoms with van der Waals surface area (Å²) in [4.78, 5) is 33.2. The molecule has 0 saturated heterocycles. The lowest BCUT2D eigenvalue weighted by Gasteiger charge is -2.18. The molecule has 4 aromatic rings. The predicted molar refractivity (Wildman–Crippen MR) is 115 cm³/mol. The number of aromatic nitrogens is 4. The van der Waals surface area contributed by atoms with Crippen LogP contribution in [0.1, 0.15) is 50.7 Å². The maximum Gasteiger partial charge on any atom is 0.320 e. The summed E-state index contributed by atoms with van der Waals surface area (Å²) in [7, 11) is 0. The molecule has 2 aromatic carbocycles. The second-order valence-corrected chi connectivity index (χ2v) is 7.60. The van der Waals surface area contributed by atoms with E-state index in [2.05, 4.69) is 20.6 Å². The lowest BCUT2D eigenvalue weighted by atomic mass is 10.2. The molecule has 0 saturated carbocycles. The molecule has 0 aliphatic carbocycles. The number of benzene rings is 2. The van der Waals surface area contributed by atoms with Crippen molar-refractivity contribution in [2.75, 3.05) is 0 Å². The fraction of sp³-hybridized carbons (Fsp3) is 0.273. The number of rotatable bonds is 6. The van der Waals surface area contributed by atoms with E-state index in [1.807, 2.05) is 0 Å². The molecule has 2 N–H and O–H groups in total. The summed E-state index contributed by atoms with van der Waals surface area (Å²) in [6, 6.07) is 10.4. The van der Waals surface area contributed by atoms with E-state index < -0.39 is 37.0 Å². The zero-order valence-electron chi connectivity index (χ0n) is 18.0. The second kappa shape index (κ2) is 9.12. The van der Waals surface area contributed by atoms with Crippen LogP contribution in [0.2, 0.25) is 0 Å². The first-order valence-electron chi connectivity index (χ1n) is 10.3. The number of alkyl halides is 4. The summed E-state index contributed by atoms with van der Waals surface area (Å²) < 4.78 is 56.0. The molecule has 178 valence electrons. The Bertz CT molecular complexity index is 1260. The van der Waals surface area contributed by atoms with Crippen molar-refractivity contribution in [1.29, 1.82) is 0 Å². The number of halogens is 4. The van der Waals surface area contributed by atoms with E-state index in [0.29, 0.717) is 20.2 Å². The number of nitrogens with one attached hydrogen (secondary N) is 2. The number of carbonyl (C=O) groups excluding carboxylic acids is 2. The molecule has 0 fully saturated rings. The number of fused-ring (bicyclic) bond motifs is 2. The van der Waals surface area contributed by atoms with Crippen LogP contribution >= 0.6 is 0 Å². The minimum absolute atomic E-state index is 0.134. The van der Waals surface area contributed by atoms with Crippen LogP contribution in [-0.2, 0) is 9.59 Å². The number of hydrogen-bond acceptors (Lipinski definition) is 4. The molecule has 8 nitrogen and oxygen atoms in total. The molecule has 0 spiro atoms. The zero-order chi connectivity index (χ0) is 24.6. The highest BCUT2D eigenvalue weighted by atomic mass is 19.3. The lowest BCUT2D eigenvalue weighted by Crippen LogP contribution is -2.42. The van der Waals surface area contributed by atoms with E-state index in [-0.39, 0.29) is 22.7 Å². The average Bonchev–Trinajstić information content (AvgIpc) is 3.38. The average molecular weight is 476 g/mol. The molecule has 2 atom stereocenters. The highest BCUT2D eigenvalue weighted by Gasteiger charge is 2.27. The Kier molecular flexibility index (Phi) is 6.22. The smallest absolute Gasteiger partial charge is 0.320 e. The molecule has 0 bridgehead atoms. The van der Waals surface area contributed by atoms with Gasteiger partial charge in [-0.1, -0.05) is 24.3 Å². The van der Waals surface area contributed by atoms with Gasteiger partial charge in [-0.2, -0.15) is 17.6 Å². The van der Waals surface area contributed by atoms with Crippen molar-refractivity contribution in [3.63, 3.8) is 0 Å². The first-order chi connectivity index (χ1) is 16.2. The lowest BCUT2D eigenvalue weighted by molar-refractivity contribution is -0.140. The van der Waals surface area contributed by atoms with Gasteiger partial charge in [0.05, 0.1) is 34.2 Å². The van der Waals surface area contributed by atoms with Gasteiger partial charge >= 0.3 is 24.9 Å². The second-order valence-electron chi connectivity index (χ2n) is 7.60. The summed E-state index contributed by atoms with van der Waals surface area (Å²) >= 11 is 0. The molecule has 12 heteroatoms. The third kappa shape index (κ3) is 4.18. The number of nitrogens with zero attached hydrogens (tertiary/aromatic N) is 4. The van der Waals surface area contributed by atoms with E-state index in [9.17, 15) is 27.2 Å². The number of para-hydroxylation sites is 4. The van der Waals surface area contributed by atoms with E-state index in [4.69, 9.17) is 0 Å². The van der Waals surface area contributed by atoms with E-state index >= 15 is 0 Å². The van der Waals surface area contributed by atoms with Crippen molar-refractivity contribution < 1.29 is 27.2 Å². The standard InChI is InChI=1S/C22H20F4N6O2/c1-11(17-29-13-7-3-5-9-15(13)31(17)21(23)24)27-19(33)20(34)28-12(2)18-30-14-8-4-6-10-16(14)32(18)22(25)26/h3-12,21-22H,1-2H3,(H,27,33)(H,28,34). The van der Waals surface area contributed by atoms with Crippen molar-refractivity contribution in [1.82, 2.24) is 29.7 Å². The molecular weight excluding hydrogens is 456 g/mol. The Balaban J connectivity index is 1.52. The van der Waals surface area contributed by atoms with E-state index in [1.165, 1.54) is 26.0 Å². The van der Waals surface area contributed by atoms with Gasteiger partial charge in [-0.3, -0.25) is 18.7 Å². The highest BCUT2D eigenvalue weighted by Crippen LogP contribution is 2.28. The number of hydrogen-bond donors (Lipinski definition) is 2. The normalized spacial score (nSPS) is 13.5. The van der Waals surface area contributed by atoms with Gasteiger partial charge in [0.15, 0.2) is 0 Å². The van der Waals surface area contributed by atoms with E-state index in [0.717, 1.165) is 0 Å². The molecule has 2 aromatic heterocycles. The largest absolute Gasteiger partial charge is 0.338 e. The maximum atomic E-state index is 13.7. The van der Waals surface area contributed by atoms with Gasteiger partial charge in [0.25, 0.3) is 0 Å². The topological polar surface area (TPSA) is 93.8 Å². The molecule has 0 radical (unpaired) electrons. The number of carbonyl (C=O) groups is 2. The molecule has 0 aliphatic rings. The fourth-order valence-electron chi connectivity index (χ4n) is 3.80. The van der Waals surface area contributed by atoms with Gasteiger partial charge in [0.1, 0.15) is 11.6 Å². The van der Waals surface area contributed by atoms with Crippen molar-refractivity contribution in [2.45, 2.75) is 39.0 Å². The molecule has 2 unspecified atom stereocenters. The first kappa shape index (κ1) is 23.2. The minimum atomic E-state index is -2.92. The zero-order valence-corrected chi connectivity index (χ0v) is 18.0. The Morgan fingerprint density at radius 3 is 1.41 bits per heavy atom. The van der Waals surface area contributed by atoms with Crippen molar-refractivity contribution in [3.05, 3.63) is 60.2 Å². The van der Waals surface area contributed by atoms with E-state index in [1.54, 1.807) is 36.4 Å². The Morgan fingerprint density at radius 1 is 0.706 bits per heavy atom. The fourth-order valence-corrected chi connectivity index (χ4v) is 3.80. The number of imidazole rings is 2. The minimum Gasteiger partial charge on any atom is -0.338 e. The molecule has 2 heterocycles. The molecule has 4 rings (SSSR count). The quantitative estimate of drug-likeness (QED) is 0.322. The van der Waals surface area contributed by atoms with Gasteiger partial charge in [0, 0.05) is 0 Å². The van der Waals surface area contributed by atoms with Crippen LogP contribution in [0.5, 0.6) is 0 Å². The van der Waals surface area contributed by atoms with Gasteiger partial charge in [-0.05, 0) is 38.1 Å². The third-order valence-corrected chi connectivity index (χ3v) is 5.31. The first-order valence-corrected chi connectivity index (χ1v) is 10.3. The van der Waals surface area contributed by atoms with Crippen molar-refractivity contribution in [3.8, 4) is 0 Å². The van der Waals surface area contributed by atoms with Gasteiger partial charge in [-0.15, -0.1) is 0 Å². The Hall–Kier alpha value is -3.96. The highest BCUT2D eigenvalue weighted by molar-refractivity contribution is 6.35. The monoisotopic (exact) mass is 476 g/mol. The summed E-state index contributed by atoms with van der Waals surface area (Å²) in [5.41, 5.74) is 0.973. The van der Waals surface area contributed by atoms with Crippen molar-refractivity contribution >= 4 is 33.9 Å². The molecular formula is C22H20F4N6O2. The third-order valence-electron chi connectivity index (χ3n) is 5.31. The Morgan fingerprint density at radius 2 is 1.06 bits per heavy atom. The summed E-state index contributed by atoms with van der Waals surface area (Å²) in [5, 5.41) is 4.66. The summed E-state index contributed by atoms with van der Waals surface area (Å²) in [6.45, 7) is -3.02. The van der Waals surface area contributed by atoms with Gasteiger partial charge in [0.2, 0.25) is 0 Å². The summed E-state index contributed by atoms with van der Waals surface area (Å²) in [6.07, 6.45) is 0. The Labute approximate surface area is 190 Å². The van der Waals surface area contributed by atoms with Crippen LogP contribution in [-0.4, -0.2) is 30.9 Å². The van der Waals surface area contributed by atoms with Crippen LogP contribution in [0.3, 0.4) is 0 Å². The van der Waals surface area contributed by atoms with Crippen molar-refractivity contribution in [2.24, 2.45) is 0 Å². The number of amides is 2. The van der Waals surface area contributed by atoms with Crippen LogP contribution in [0.25, 0.3) is 22.1 Å². The molecule has 34 heavy (non-hydrogen) atoms. The predicted octanol–water partition coefficient (Wildman–Crippen LogP) is 4.23. The van der Waals surface area contributed by atoms with Crippen LogP contribution < -0.4 is 10.6 Å². The van der Waals surface area contributed by atoms with Gasteiger partial charge < -0.3 is 10.6 Å². The van der Waals surface area contributed by atoms with Crippen LogP contribution in [0, 0.1) is 0 Å². The molecule has 0 aliphatic heterocycles. The SMILES string of the molecule is CC(NC(=O)C(=O)NC(C)c1nc2ccccc2n1C(F)F)c1nc2ccccc2n1C(F)F. The van der Waals surface area contributed by atoms with Gasteiger partial charge in [-0.25, -0.2) is 9.97 Å². The summed E-state index contributed by atoms with van der Waals surface area (Å²) in [5.74, 6) is -2.53. The van der Waals surface area contributed by atoms with Crippen LogP contribution in [0.4, 0.5) is 17.6 Å². The van der Waals surface area contributed by atoms with Crippen LogP contribution in [0.15, 0.2) is 48.5 Å². The maximum absolute atomic E-state index is 13.7. The molecule has 2 amide bonds.